The van der Waals surface area contributed by atoms with Crippen molar-refractivity contribution in [3.05, 3.63) is 0 Å². The summed E-state index contributed by atoms with van der Waals surface area (Å²) in [7, 11) is 0. The van der Waals surface area contributed by atoms with Crippen LogP contribution in [0, 0.1) is 5.92 Å². The normalized spacial score (nSPS) is 33.5. The molecule has 1 aliphatic heterocycles. The number of rotatable bonds is 3. The predicted molar refractivity (Wildman–Crippen MR) is 57.3 cm³/mol. The average molecular weight is 212 g/mol. The van der Waals surface area contributed by atoms with Gasteiger partial charge in [0.15, 0.2) is 0 Å². The highest BCUT2D eigenvalue weighted by Crippen LogP contribution is 2.32. The summed E-state index contributed by atoms with van der Waals surface area (Å²) in [4.78, 5) is 12.0. The van der Waals surface area contributed by atoms with Gasteiger partial charge in [-0.2, -0.15) is 0 Å². The molecule has 4 nitrogen and oxygen atoms in total. The molecular formula is C11H20N2O2. The minimum absolute atomic E-state index is 0.0222. The number of hydrogen-bond donors (Lipinski definition) is 2. The van der Waals surface area contributed by atoms with E-state index in [0.717, 1.165) is 19.3 Å². The first-order chi connectivity index (χ1) is 7.17. The Morgan fingerprint density at radius 2 is 2.33 bits per heavy atom. The summed E-state index contributed by atoms with van der Waals surface area (Å²) in [6, 6.07) is 0. The molecule has 2 unspecified atom stereocenters. The average Bonchev–Trinajstić information content (AvgIpc) is 2.58. The van der Waals surface area contributed by atoms with Crippen LogP contribution >= 0.6 is 0 Å². The number of nitrogens with two attached hydrogens (primary N) is 1. The lowest BCUT2D eigenvalue weighted by Gasteiger charge is -2.42. The highest BCUT2D eigenvalue weighted by Gasteiger charge is 2.40. The zero-order valence-electron chi connectivity index (χ0n) is 9.29. The van der Waals surface area contributed by atoms with E-state index in [9.17, 15) is 4.79 Å². The first kappa shape index (κ1) is 10.9. The van der Waals surface area contributed by atoms with E-state index in [4.69, 9.17) is 10.5 Å². The Balaban J connectivity index is 1.91. The van der Waals surface area contributed by atoms with Gasteiger partial charge in [-0.3, -0.25) is 4.79 Å². The van der Waals surface area contributed by atoms with Crippen molar-refractivity contribution in [1.82, 2.24) is 5.32 Å². The van der Waals surface area contributed by atoms with Gasteiger partial charge in [0.05, 0.1) is 17.6 Å². The highest BCUT2D eigenvalue weighted by atomic mass is 16.5. The third-order valence-corrected chi connectivity index (χ3v) is 3.80. The van der Waals surface area contributed by atoms with Gasteiger partial charge in [-0.25, -0.2) is 0 Å². The maximum atomic E-state index is 12.0. The van der Waals surface area contributed by atoms with E-state index in [1.54, 1.807) is 0 Å². The molecule has 1 amide bonds. The molecule has 15 heavy (non-hydrogen) atoms. The molecule has 0 spiro atoms. The largest absolute Gasteiger partial charge is 0.378 e. The lowest BCUT2D eigenvalue weighted by molar-refractivity contribution is -0.129. The summed E-state index contributed by atoms with van der Waals surface area (Å²) < 4.78 is 5.39. The minimum Gasteiger partial charge on any atom is -0.378 e. The summed E-state index contributed by atoms with van der Waals surface area (Å²) in [6.07, 6.45) is 4.12. The maximum absolute atomic E-state index is 12.0. The summed E-state index contributed by atoms with van der Waals surface area (Å²) in [5.41, 5.74) is 5.61. The number of nitrogens with one attached hydrogen (secondary N) is 1. The topological polar surface area (TPSA) is 64.3 Å². The first-order valence-electron chi connectivity index (χ1n) is 5.81. The molecule has 0 bridgehead atoms. The molecule has 2 atom stereocenters. The van der Waals surface area contributed by atoms with Gasteiger partial charge >= 0.3 is 0 Å². The van der Waals surface area contributed by atoms with Gasteiger partial charge in [-0.1, -0.05) is 0 Å². The fraction of sp³-hybridized carbons (Fsp3) is 0.909. The second-order valence-electron chi connectivity index (χ2n) is 4.80. The van der Waals surface area contributed by atoms with E-state index in [0.29, 0.717) is 13.2 Å². The zero-order valence-corrected chi connectivity index (χ0v) is 9.29. The third kappa shape index (κ3) is 2.01. The minimum atomic E-state index is -0.0978. The monoisotopic (exact) mass is 212 g/mol. The lowest BCUT2D eigenvalue weighted by Crippen LogP contribution is -2.59. The molecule has 0 aromatic carbocycles. The summed E-state index contributed by atoms with van der Waals surface area (Å²) in [6.45, 7) is 3.22. The summed E-state index contributed by atoms with van der Waals surface area (Å²) in [5, 5.41) is 3.11. The van der Waals surface area contributed by atoms with Crippen LogP contribution in [0.5, 0.6) is 0 Å². The van der Waals surface area contributed by atoms with Crippen molar-refractivity contribution >= 4 is 5.91 Å². The van der Waals surface area contributed by atoms with Gasteiger partial charge in [-0.15, -0.1) is 0 Å². The molecule has 1 aliphatic carbocycles. The van der Waals surface area contributed by atoms with Crippen molar-refractivity contribution in [2.45, 2.75) is 44.2 Å². The Bertz CT molecular complexity index is 245. The molecule has 1 heterocycles. The number of hydrogen-bond acceptors (Lipinski definition) is 3. The van der Waals surface area contributed by atoms with Gasteiger partial charge < -0.3 is 15.8 Å². The predicted octanol–water partition coefficient (Wildman–Crippen LogP) is 0.409. The Morgan fingerprint density at radius 1 is 1.60 bits per heavy atom. The molecule has 2 rings (SSSR count). The smallest absolute Gasteiger partial charge is 0.226 e. The van der Waals surface area contributed by atoms with Gasteiger partial charge in [0.1, 0.15) is 0 Å². The maximum Gasteiger partial charge on any atom is 0.226 e. The van der Waals surface area contributed by atoms with Crippen LogP contribution in [0.4, 0.5) is 0 Å². The van der Waals surface area contributed by atoms with Crippen molar-refractivity contribution < 1.29 is 9.53 Å². The fourth-order valence-corrected chi connectivity index (χ4v) is 2.41. The Hall–Kier alpha value is -0.610. The zero-order chi connectivity index (χ0) is 10.9. The van der Waals surface area contributed by atoms with Gasteiger partial charge in [0.25, 0.3) is 0 Å². The first-order valence-corrected chi connectivity index (χ1v) is 5.81. The number of ether oxygens (including phenoxy) is 1. The molecule has 1 saturated carbocycles. The van der Waals surface area contributed by atoms with Crippen LogP contribution in [0.2, 0.25) is 0 Å². The fourth-order valence-electron chi connectivity index (χ4n) is 2.41. The Kier molecular flexibility index (Phi) is 2.98. The molecule has 0 aromatic heterocycles. The van der Waals surface area contributed by atoms with Crippen LogP contribution in [-0.2, 0) is 9.53 Å². The molecular weight excluding hydrogens is 192 g/mol. The van der Waals surface area contributed by atoms with Gasteiger partial charge in [-0.05, 0) is 32.6 Å². The molecule has 1 saturated heterocycles. The van der Waals surface area contributed by atoms with Crippen molar-refractivity contribution in [3.63, 3.8) is 0 Å². The SMILES string of the molecule is CC1OCCC1C(=O)NC1(CN)CCC1. The summed E-state index contributed by atoms with van der Waals surface area (Å²) >= 11 is 0. The van der Waals surface area contributed by atoms with E-state index < -0.39 is 0 Å². The van der Waals surface area contributed by atoms with Crippen LogP contribution in [0.3, 0.4) is 0 Å². The number of amides is 1. The Morgan fingerprint density at radius 3 is 2.73 bits per heavy atom. The quantitative estimate of drug-likeness (QED) is 0.712. The van der Waals surface area contributed by atoms with Crippen molar-refractivity contribution in [3.8, 4) is 0 Å². The molecule has 4 heteroatoms. The molecule has 3 N–H and O–H groups in total. The van der Waals surface area contributed by atoms with E-state index in [1.807, 2.05) is 6.92 Å². The second-order valence-corrected chi connectivity index (χ2v) is 4.80. The van der Waals surface area contributed by atoms with Gasteiger partial charge in [0.2, 0.25) is 5.91 Å². The number of carbonyl (C=O) groups excluding carboxylic acids is 1. The highest BCUT2D eigenvalue weighted by molar-refractivity contribution is 5.80. The van der Waals surface area contributed by atoms with Crippen LogP contribution < -0.4 is 11.1 Å². The molecule has 86 valence electrons. The Labute approximate surface area is 90.5 Å². The van der Waals surface area contributed by atoms with E-state index in [1.165, 1.54) is 6.42 Å². The molecule has 0 radical (unpaired) electrons. The van der Waals surface area contributed by atoms with E-state index >= 15 is 0 Å². The summed E-state index contributed by atoms with van der Waals surface area (Å²) in [5.74, 6) is 0.152. The van der Waals surface area contributed by atoms with Crippen molar-refractivity contribution in [1.29, 1.82) is 0 Å². The second kappa shape index (κ2) is 4.10. The van der Waals surface area contributed by atoms with Crippen molar-refractivity contribution in [2.75, 3.05) is 13.2 Å². The standard InChI is InChI=1S/C11H20N2O2/c1-8-9(3-6-15-8)10(14)13-11(7-12)4-2-5-11/h8-9H,2-7,12H2,1H3,(H,13,14). The van der Waals surface area contributed by atoms with E-state index in [-0.39, 0.29) is 23.5 Å². The van der Waals surface area contributed by atoms with Crippen LogP contribution in [0.1, 0.15) is 32.6 Å². The van der Waals surface area contributed by atoms with Crippen LogP contribution in [-0.4, -0.2) is 30.7 Å². The molecule has 2 fully saturated rings. The van der Waals surface area contributed by atoms with Crippen LogP contribution in [0.25, 0.3) is 0 Å². The van der Waals surface area contributed by atoms with Crippen molar-refractivity contribution in [2.24, 2.45) is 11.7 Å². The third-order valence-electron chi connectivity index (χ3n) is 3.80. The van der Waals surface area contributed by atoms with Gasteiger partial charge in [0, 0.05) is 13.2 Å². The molecule has 0 aromatic rings. The number of carbonyl (C=O) groups is 1. The molecule has 2 aliphatic rings. The lowest BCUT2D eigenvalue weighted by atomic mass is 9.76. The van der Waals surface area contributed by atoms with E-state index in [2.05, 4.69) is 5.32 Å². The van der Waals surface area contributed by atoms with Crippen LogP contribution in [0.15, 0.2) is 0 Å².